The summed E-state index contributed by atoms with van der Waals surface area (Å²) in [5, 5.41) is 23.2. The zero-order chi connectivity index (χ0) is 49.3. The number of aliphatic hydroxyl groups excluding tert-OH is 2. The predicted molar refractivity (Wildman–Crippen MR) is 296 cm³/mol. The first-order valence-corrected chi connectivity index (χ1v) is 30.3. The van der Waals surface area contributed by atoms with Crippen LogP contribution < -0.4 is 5.32 Å². The van der Waals surface area contributed by atoms with E-state index in [1.807, 2.05) is 6.08 Å². The smallest absolute Gasteiger partial charge is 0.305 e. The fourth-order valence-electron chi connectivity index (χ4n) is 9.21. The molecule has 0 bridgehead atoms. The fraction of sp³-hybridized carbons (Fsp3) is 0.871. The number of ether oxygens (including phenoxy) is 1. The molecule has 6 nitrogen and oxygen atoms in total. The first-order chi connectivity index (χ1) is 33.5. The summed E-state index contributed by atoms with van der Waals surface area (Å²) in [5.74, 6) is -0.0890. The minimum Gasteiger partial charge on any atom is -0.466 e. The Hall–Kier alpha value is -1.92. The number of unbranched alkanes of at least 4 members (excludes halogenated alkanes) is 41. The average molecular weight is 957 g/mol. The molecule has 0 aliphatic rings. The van der Waals surface area contributed by atoms with Gasteiger partial charge in [0.25, 0.3) is 0 Å². The Morgan fingerprint density at radius 3 is 1.04 bits per heavy atom. The molecule has 0 rings (SSSR count). The third-order valence-electron chi connectivity index (χ3n) is 13.9. The van der Waals surface area contributed by atoms with Gasteiger partial charge in [0.15, 0.2) is 0 Å². The highest BCUT2D eigenvalue weighted by Crippen LogP contribution is 2.16. The first kappa shape index (κ1) is 66.1. The van der Waals surface area contributed by atoms with Crippen molar-refractivity contribution in [2.75, 3.05) is 13.2 Å². The van der Waals surface area contributed by atoms with E-state index in [4.69, 9.17) is 4.74 Å². The number of carbonyl (C=O) groups excluding carboxylic acids is 2. The SMILES string of the molecule is CCCCCCCC/C=C\CCCCCCCC(=O)OCCCCCCCC/C=C\CCCCCCCCCC(=O)NC(CO)C(O)/C=C/CCCCCCCCCCCCCCCCCCC. The van der Waals surface area contributed by atoms with Gasteiger partial charge in [0.1, 0.15) is 0 Å². The zero-order valence-electron chi connectivity index (χ0n) is 45.6. The van der Waals surface area contributed by atoms with Crippen LogP contribution in [0.5, 0.6) is 0 Å². The van der Waals surface area contributed by atoms with Crippen LogP contribution in [0.3, 0.4) is 0 Å². The van der Waals surface area contributed by atoms with Gasteiger partial charge in [-0.15, -0.1) is 0 Å². The van der Waals surface area contributed by atoms with Gasteiger partial charge in [-0.2, -0.15) is 0 Å². The molecule has 0 saturated heterocycles. The molecule has 0 fully saturated rings. The van der Waals surface area contributed by atoms with Crippen LogP contribution >= 0.6 is 0 Å². The number of rotatable bonds is 56. The highest BCUT2D eigenvalue weighted by Gasteiger charge is 2.18. The quantitative estimate of drug-likeness (QED) is 0.0321. The Labute approximate surface area is 424 Å². The lowest BCUT2D eigenvalue weighted by molar-refractivity contribution is -0.143. The molecular formula is C62H117NO5. The fourth-order valence-corrected chi connectivity index (χ4v) is 9.21. The third-order valence-corrected chi connectivity index (χ3v) is 13.9. The van der Waals surface area contributed by atoms with Crippen molar-refractivity contribution in [3.63, 3.8) is 0 Å². The molecular weight excluding hydrogens is 839 g/mol. The van der Waals surface area contributed by atoms with Gasteiger partial charge in [-0.1, -0.05) is 262 Å². The average Bonchev–Trinajstić information content (AvgIpc) is 3.34. The van der Waals surface area contributed by atoms with Crippen LogP contribution in [-0.2, 0) is 14.3 Å². The first-order valence-electron chi connectivity index (χ1n) is 30.3. The molecule has 0 spiro atoms. The van der Waals surface area contributed by atoms with Crippen LogP contribution in [0.2, 0.25) is 0 Å². The van der Waals surface area contributed by atoms with Gasteiger partial charge in [0.2, 0.25) is 5.91 Å². The second-order valence-corrected chi connectivity index (χ2v) is 20.7. The zero-order valence-corrected chi connectivity index (χ0v) is 45.6. The second kappa shape index (κ2) is 57.7. The molecule has 68 heavy (non-hydrogen) atoms. The number of esters is 1. The summed E-state index contributed by atoms with van der Waals surface area (Å²) in [5.41, 5.74) is 0. The summed E-state index contributed by atoms with van der Waals surface area (Å²) in [6, 6.07) is -0.638. The van der Waals surface area contributed by atoms with Crippen LogP contribution in [0, 0.1) is 0 Å². The van der Waals surface area contributed by atoms with E-state index in [9.17, 15) is 19.8 Å². The molecule has 0 aromatic rings. The van der Waals surface area contributed by atoms with E-state index >= 15 is 0 Å². The Kier molecular flexibility index (Phi) is 56.0. The minimum absolute atomic E-state index is 0.0106. The number of amides is 1. The number of carbonyl (C=O) groups is 2. The number of allylic oxidation sites excluding steroid dienone is 5. The van der Waals surface area contributed by atoms with Gasteiger partial charge in [0, 0.05) is 12.8 Å². The van der Waals surface area contributed by atoms with Crippen molar-refractivity contribution in [1.82, 2.24) is 5.32 Å². The van der Waals surface area contributed by atoms with Gasteiger partial charge in [0.05, 0.1) is 25.4 Å². The number of nitrogens with one attached hydrogen (secondary N) is 1. The normalized spacial score (nSPS) is 12.8. The largest absolute Gasteiger partial charge is 0.466 e. The molecule has 1 amide bonds. The molecule has 6 heteroatoms. The maximum Gasteiger partial charge on any atom is 0.305 e. The van der Waals surface area contributed by atoms with E-state index in [0.29, 0.717) is 19.4 Å². The van der Waals surface area contributed by atoms with Crippen LogP contribution in [0.15, 0.2) is 36.5 Å². The topological polar surface area (TPSA) is 95.9 Å². The number of aliphatic hydroxyl groups is 2. The van der Waals surface area contributed by atoms with Crippen molar-refractivity contribution in [1.29, 1.82) is 0 Å². The van der Waals surface area contributed by atoms with Crippen molar-refractivity contribution in [2.24, 2.45) is 0 Å². The molecule has 400 valence electrons. The van der Waals surface area contributed by atoms with Crippen molar-refractivity contribution in [2.45, 2.75) is 334 Å². The monoisotopic (exact) mass is 956 g/mol. The summed E-state index contributed by atoms with van der Waals surface area (Å²) in [6.07, 6.45) is 71.7. The minimum atomic E-state index is -0.853. The van der Waals surface area contributed by atoms with E-state index in [-0.39, 0.29) is 18.5 Å². The Morgan fingerprint density at radius 1 is 0.397 bits per heavy atom. The molecule has 0 aliphatic heterocycles. The molecule has 0 heterocycles. The molecule has 0 saturated carbocycles. The Morgan fingerprint density at radius 2 is 0.691 bits per heavy atom. The summed E-state index contributed by atoms with van der Waals surface area (Å²) in [4.78, 5) is 24.5. The van der Waals surface area contributed by atoms with Crippen molar-refractivity contribution < 1.29 is 24.5 Å². The molecule has 0 aliphatic carbocycles. The third kappa shape index (κ3) is 53.4. The van der Waals surface area contributed by atoms with Crippen molar-refractivity contribution in [3.8, 4) is 0 Å². The highest BCUT2D eigenvalue weighted by atomic mass is 16.5. The van der Waals surface area contributed by atoms with Crippen LogP contribution in [0.4, 0.5) is 0 Å². The van der Waals surface area contributed by atoms with Gasteiger partial charge in [-0.3, -0.25) is 9.59 Å². The summed E-state index contributed by atoms with van der Waals surface area (Å²) >= 11 is 0. The lowest BCUT2D eigenvalue weighted by Crippen LogP contribution is -2.45. The summed E-state index contributed by atoms with van der Waals surface area (Å²) in [6.45, 7) is 4.89. The number of hydrogen-bond acceptors (Lipinski definition) is 5. The van der Waals surface area contributed by atoms with Gasteiger partial charge < -0.3 is 20.3 Å². The summed E-state index contributed by atoms with van der Waals surface area (Å²) in [7, 11) is 0. The van der Waals surface area contributed by atoms with Gasteiger partial charge >= 0.3 is 5.97 Å². The van der Waals surface area contributed by atoms with E-state index in [2.05, 4.69) is 43.5 Å². The molecule has 0 aromatic carbocycles. The van der Waals surface area contributed by atoms with Gasteiger partial charge in [-0.25, -0.2) is 0 Å². The Bertz CT molecular complexity index is 1100. The lowest BCUT2D eigenvalue weighted by Gasteiger charge is -2.20. The van der Waals surface area contributed by atoms with E-state index in [1.165, 1.54) is 238 Å². The van der Waals surface area contributed by atoms with Crippen LogP contribution in [0.1, 0.15) is 322 Å². The highest BCUT2D eigenvalue weighted by molar-refractivity contribution is 5.76. The molecule has 2 unspecified atom stereocenters. The maximum atomic E-state index is 12.5. The molecule has 3 N–H and O–H groups in total. The van der Waals surface area contributed by atoms with Crippen LogP contribution in [0.25, 0.3) is 0 Å². The predicted octanol–water partition coefficient (Wildman–Crippen LogP) is 18.8. The van der Waals surface area contributed by atoms with Gasteiger partial charge in [-0.05, 0) is 83.5 Å². The molecule has 0 aromatic heterocycles. The second-order valence-electron chi connectivity index (χ2n) is 20.7. The van der Waals surface area contributed by atoms with E-state index < -0.39 is 12.1 Å². The van der Waals surface area contributed by atoms with E-state index in [0.717, 1.165) is 57.8 Å². The lowest BCUT2D eigenvalue weighted by atomic mass is 10.0. The number of hydrogen-bond donors (Lipinski definition) is 3. The molecule has 0 radical (unpaired) electrons. The maximum absolute atomic E-state index is 12.5. The van der Waals surface area contributed by atoms with Crippen LogP contribution in [-0.4, -0.2) is 47.4 Å². The summed E-state index contributed by atoms with van der Waals surface area (Å²) < 4.78 is 5.47. The Balaban J connectivity index is 3.49. The standard InChI is InChI=1S/C62H117NO5/c1-3-5-7-9-11-13-15-17-19-20-21-23-27-30-34-38-42-46-50-54-60(65)59(58-64)63-61(66)55-51-47-43-39-35-31-28-24-22-25-29-33-37-41-45-49-53-57-68-62(67)56-52-48-44-40-36-32-26-18-16-14-12-10-8-6-4-2/h18,22,25-26,50,54,59-60,64-65H,3-17,19-21,23-24,27-49,51-53,55-58H2,1-2H3,(H,63,66)/b25-22-,26-18-,54-50+. The van der Waals surface area contributed by atoms with E-state index in [1.54, 1.807) is 6.08 Å². The molecule has 2 atom stereocenters. The van der Waals surface area contributed by atoms with Crippen molar-refractivity contribution in [3.05, 3.63) is 36.5 Å². The van der Waals surface area contributed by atoms with Crippen molar-refractivity contribution >= 4 is 11.9 Å².